The molecule has 0 aliphatic carbocycles. The first-order valence-electron chi connectivity index (χ1n) is 12.8. The minimum atomic E-state index is -0.578. The zero-order valence-electron chi connectivity index (χ0n) is 22.3. The third-order valence-electron chi connectivity index (χ3n) is 7.41. The van der Waals surface area contributed by atoms with Crippen molar-refractivity contribution < 1.29 is 14.0 Å². The van der Waals surface area contributed by atoms with Crippen molar-refractivity contribution in [1.82, 2.24) is 25.2 Å². The van der Waals surface area contributed by atoms with Crippen molar-refractivity contribution in [3.8, 4) is 0 Å². The molecule has 2 unspecified atom stereocenters. The van der Waals surface area contributed by atoms with Gasteiger partial charge >= 0.3 is 0 Å². The molecule has 2 fully saturated rings. The number of rotatable bonds is 8. The second kappa shape index (κ2) is 12.4. The minimum Gasteiger partial charge on any atom is -0.403 e. The molecule has 14 heteroatoms. The summed E-state index contributed by atoms with van der Waals surface area (Å²) in [5.74, 6) is 17.1. The molecule has 0 saturated carbocycles. The van der Waals surface area contributed by atoms with E-state index in [0.29, 0.717) is 5.52 Å². The van der Waals surface area contributed by atoms with Crippen LogP contribution in [0.4, 0.5) is 15.9 Å². The third-order valence-corrected chi connectivity index (χ3v) is 7.41. The summed E-state index contributed by atoms with van der Waals surface area (Å²) < 4.78 is 13.7. The molecule has 214 valence electrons. The highest BCUT2D eigenvalue weighted by atomic mass is 19.1. The van der Waals surface area contributed by atoms with Crippen LogP contribution >= 0.6 is 0 Å². The molecule has 4 heterocycles. The van der Waals surface area contributed by atoms with E-state index < -0.39 is 5.82 Å². The average molecular weight is 554 g/mol. The fourth-order valence-electron chi connectivity index (χ4n) is 5.41. The topological polar surface area (TPSA) is 192 Å². The summed E-state index contributed by atoms with van der Waals surface area (Å²) in [5.41, 5.74) is 9.75. The number of amides is 1. The Hall–Kier alpha value is -4.08. The molecule has 2 aliphatic rings. The van der Waals surface area contributed by atoms with Gasteiger partial charge in [-0.3, -0.25) is 30.3 Å². The summed E-state index contributed by atoms with van der Waals surface area (Å²) in [7, 11) is 0. The Balaban J connectivity index is 0.000000189. The van der Waals surface area contributed by atoms with E-state index in [1.54, 1.807) is 5.01 Å². The second-order valence-electron chi connectivity index (χ2n) is 10.0. The molecule has 1 amide bonds. The quantitative estimate of drug-likeness (QED) is 0.0756. The number of benzene rings is 1. The summed E-state index contributed by atoms with van der Waals surface area (Å²) in [6, 6.07) is 9.78. The van der Waals surface area contributed by atoms with E-state index in [2.05, 4.69) is 20.3 Å². The predicted molar refractivity (Wildman–Crippen MR) is 151 cm³/mol. The number of ketones is 1. The number of hydrogen-bond acceptors (Lipinski definition) is 11. The molecule has 0 radical (unpaired) electrons. The predicted octanol–water partition coefficient (Wildman–Crippen LogP) is 0.682. The summed E-state index contributed by atoms with van der Waals surface area (Å²) in [5, 5.41) is 2.97. The largest absolute Gasteiger partial charge is 0.403 e. The Morgan fingerprint density at radius 2 is 1.95 bits per heavy atom. The number of pyridine rings is 1. The van der Waals surface area contributed by atoms with Crippen LogP contribution < -0.4 is 38.7 Å². The first kappa shape index (κ1) is 28.9. The number of aromatic nitrogens is 2. The molecule has 2 aliphatic heterocycles. The van der Waals surface area contributed by atoms with Crippen LogP contribution in [0.5, 0.6) is 0 Å². The number of fused-ring (bicyclic) bond motifs is 1. The van der Waals surface area contributed by atoms with Gasteiger partial charge in [-0.05, 0) is 31.9 Å². The van der Waals surface area contributed by atoms with Crippen molar-refractivity contribution >= 4 is 34.6 Å². The number of carbonyl (C=O) groups is 2. The van der Waals surface area contributed by atoms with Gasteiger partial charge in [-0.1, -0.05) is 18.2 Å². The molecule has 2 saturated heterocycles. The lowest BCUT2D eigenvalue weighted by Crippen LogP contribution is -2.61. The normalized spacial score (nSPS) is 19.7. The first-order chi connectivity index (χ1) is 19.2. The summed E-state index contributed by atoms with van der Waals surface area (Å²) in [6.45, 7) is 4.86. The van der Waals surface area contributed by atoms with Crippen LogP contribution in [0.3, 0.4) is 0 Å². The number of nitrogens with zero attached hydrogens (tertiary/aromatic N) is 5. The van der Waals surface area contributed by atoms with Crippen molar-refractivity contribution in [3.63, 3.8) is 0 Å². The lowest BCUT2D eigenvalue weighted by molar-refractivity contribution is -0.117. The van der Waals surface area contributed by atoms with Crippen molar-refractivity contribution in [3.05, 3.63) is 66.5 Å². The number of anilines is 2. The fraction of sp³-hybridized carbons (Fsp3) is 0.346. The van der Waals surface area contributed by atoms with Gasteiger partial charge in [-0.25, -0.2) is 26.5 Å². The van der Waals surface area contributed by atoms with Gasteiger partial charge in [0.05, 0.1) is 22.8 Å². The Kier molecular flexibility index (Phi) is 8.96. The molecule has 2 aromatic heterocycles. The number of nitrogens with one attached hydrogen (secondary N) is 2. The number of likely N-dealkylation sites (tertiary alicyclic amines) is 2. The Bertz CT molecular complexity index is 1350. The summed E-state index contributed by atoms with van der Waals surface area (Å²) >= 11 is 0. The number of nitrogens with two attached hydrogens (primary N) is 4. The second-order valence-corrected chi connectivity index (χ2v) is 10.0. The Morgan fingerprint density at radius 3 is 2.58 bits per heavy atom. The van der Waals surface area contributed by atoms with Gasteiger partial charge < -0.3 is 15.6 Å². The van der Waals surface area contributed by atoms with Gasteiger partial charge in [0.1, 0.15) is 0 Å². The van der Waals surface area contributed by atoms with E-state index in [0.717, 1.165) is 62.3 Å². The number of aromatic amines is 1. The highest BCUT2D eigenvalue weighted by Crippen LogP contribution is 2.39. The van der Waals surface area contributed by atoms with Crippen LogP contribution in [0, 0.1) is 11.2 Å². The fourth-order valence-corrected chi connectivity index (χ4v) is 5.41. The number of carbonyl (C=O) groups excluding carboxylic acids is 2. The number of H-pyrrole nitrogens is 1. The van der Waals surface area contributed by atoms with Crippen LogP contribution in [-0.4, -0.2) is 64.4 Å². The molecule has 1 aromatic carbocycles. The number of halogens is 1. The molecule has 10 N–H and O–H groups in total. The lowest BCUT2D eigenvalue weighted by Gasteiger charge is -2.36. The van der Waals surface area contributed by atoms with Crippen molar-refractivity contribution in [2.45, 2.75) is 26.1 Å². The zero-order valence-corrected chi connectivity index (χ0v) is 22.3. The highest BCUT2D eigenvalue weighted by Gasteiger charge is 2.45. The highest BCUT2D eigenvalue weighted by molar-refractivity contribution is 6.09. The maximum absolute atomic E-state index is 13.7. The molecular weight excluding hydrogens is 517 g/mol. The van der Waals surface area contributed by atoms with Gasteiger partial charge in [0, 0.05) is 55.8 Å². The molecule has 5 rings (SSSR count). The number of hydrogen-bond donors (Lipinski definition) is 6. The zero-order chi connectivity index (χ0) is 28.9. The van der Waals surface area contributed by atoms with E-state index in [9.17, 15) is 14.0 Å². The lowest BCUT2D eigenvalue weighted by atomic mass is 9.86. The standard InChI is InChI=1S/C15H24N6O.C11H12FN5O/c16-18-14(21(17)13-4-2-1-3-5-13)20-9-7-15(11-20)6-8-19(10-15)12-22;1-6(18)7-4-15-10-9(7)8(12)5-16-11(10)17(14)3-2-13/h1-5,12,14,18H,6-11,16-17H2;2-5,15H,13-14H2,1H3/b;3-2-. The SMILES string of the molecule is CC(=O)c1c[nH]c2c(N(N)/C=C\N)ncc(F)c12.NNC(N1CCC2(CCN(C=O)C2)C1)N(N)c1ccccc1. The Morgan fingerprint density at radius 1 is 1.23 bits per heavy atom. The molecular formula is C26H36FN11O2. The van der Waals surface area contributed by atoms with Crippen molar-refractivity contribution in [2.24, 2.45) is 28.7 Å². The first-order valence-corrected chi connectivity index (χ1v) is 12.8. The van der Waals surface area contributed by atoms with Crippen LogP contribution in [0.1, 0.15) is 30.1 Å². The monoisotopic (exact) mass is 553 g/mol. The van der Waals surface area contributed by atoms with E-state index >= 15 is 0 Å². The van der Waals surface area contributed by atoms with Crippen molar-refractivity contribution in [1.29, 1.82) is 0 Å². The van der Waals surface area contributed by atoms with Crippen molar-refractivity contribution in [2.75, 3.05) is 36.2 Å². The van der Waals surface area contributed by atoms with Crippen LogP contribution in [0.15, 0.2) is 55.1 Å². The molecule has 40 heavy (non-hydrogen) atoms. The molecule has 0 bridgehead atoms. The van der Waals surface area contributed by atoms with Crippen LogP contribution in [-0.2, 0) is 4.79 Å². The molecule has 3 aromatic rings. The number of Topliss-reactive ketones (excluding diaryl/α,β-unsaturated/α-hetero) is 1. The molecule has 13 nitrogen and oxygen atoms in total. The van der Waals surface area contributed by atoms with E-state index in [1.807, 2.05) is 35.2 Å². The summed E-state index contributed by atoms with van der Waals surface area (Å²) in [6.07, 6.45) is 7.86. The maximum Gasteiger partial charge on any atom is 0.209 e. The Labute approximate surface area is 231 Å². The number of hydrazine groups is 3. The molecule has 1 spiro atoms. The van der Waals surface area contributed by atoms with E-state index in [1.165, 1.54) is 25.5 Å². The van der Waals surface area contributed by atoms with Gasteiger partial charge in [0.2, 0.25) is 6.41 Å². The number of para-hydroxylation sites is 1. The van der Waals surface area contributed by atoms with Gasteiger partial charge in [-0.15, -0.1) is 0 Å². The van der Waals surface area contributed by atoms with E-state index in [4.69, 9.17) is 23.3 Å². The molecule has 2 atom stereocenters. The minimum absolute atomic E-state index is 0.174. The van der Waals surface area contributed by atoms with Gasteiger partial charge in [0.25, 0.3) is 0 Å². The van der Waals surface area contributed by atoms with Gasteiger partial charge in [0.15, 0.2) is 23.7 Å². The van der Waals surface area contributed by atoms with Gasteiger partial charge in [-0.2, -0.15) is 0 Å². The third kappa shape index (κ3) is 5.90. The van der Waals surface area contributed by atoms with Crippen LogP contribution in [0.2, 0.25) is 0 Å². The summed E-state index contributed by atoms with van der Waals surface area (Å²) in [4.78, 5) is 33.1. The smallest absolute Gasteiger partial charge is 0.209 e. The average Bonchev–Trinajstić information content (AvgIpc) is 3.69. The van der Waals surface area contributed by atoms with Crippen LogP contribution in [0.25, 0.3) is 10.9 Å². The maximum atomic E-state index is 13.7. The van der Waals surface area contributed by atoms with E-state index in [-0.39, 0.29) is 34.3 Å².